The number of hydrogen-bond donors (Lipinski definition) is 2. The van der Waals surface area contributed by atoms with Gasteiger partial charge in [0.2, 0.25) is 0 Å². The summed E-state index contributed by atoms with van der Waals surface area (Å²) in [4.78, 5) is 3.20. The van der Waals surface area contributed by atoms with Gasteiger partial charge in [-0.2, -0.15) is 0 Å². The molecule has 2 N–H and O–H groups in total. The highest BCUT2D eigenvalue weighted by Gasteiger charge is 2.23. The highest BCUT2D eigenvalue weighted by Crippen LogP contribution is 2.34. The smallest absolute Gasteiger partial charge is 0.0461 e. The van der Waals surface area contributed by atoms with E-state index in [0.29, 0.717) is 6.04 Å². The molecule has 1 unspecified atom stereocenters. The van der Waals surface area contributed by atoms with Gasteiger partial charge in [-0.25, -0.2) is 0 Å². The van der Waals surface area contributed by atoms with Crippen molar-refractivity contribution in [1.82, 2.24) is 10.3 Å². The molecule has 3 rings (SSSR count). The van der Waals surface area contributed by atoms with Crippen LogP contribution in [0.3, 0.4) is 0 Å². The molecule has 0 bridgehead atoms. The van der Waals surface area contributed by atoms with Gasteiger partial charge in [0.15, 0.2) is 0 Å². The molecular formula is C11H11ClN2. The summed E-state index contributed by atoms with van der Waals surface area (Å²) in [6.07, 6.45) is 3.15. The molecule has 1 aromatic heterocycles. The fourth-order valence-electron chi connectivity index (χ4n) is 2.02. The van der Waals surface area contributed by atoms with Crippen molar-refractivity contribution < 1.29 is 0 Å². The van der Waals surface area contributed by atoms with Gasteiger partial charge in [-0.05, 0) is 36.7 Å². The molecule has 1 aliphatic heterocycles. The lowest BCUT2D eigenvalue weighted by Gasteiger charge is -2.29. The molecule has 1 fully saturated rings. The Morgan fingerprint density at radius 3 is 2.86 bits per heavy atom. The minimum Gasteiger partial charge on any atom is -0.361 e. The monoisotopic (exact) mass is 206 g/mol. The van der Waals surface area contributed by atoms with Crippen LogP contribution in [0.4, 0.5) is 0 Å². The zero-order valence-corrected chi connectivity index (χ0v) is 8.43. The van der Waals surface area contributed by atoms with Gasteiger partial charge in [0, 0.05) is 28.2 Å². The van der Waals surface area contributed by atoms with E-state index in [2.05, 4.69) is 16.4 Å². The van der Waals surface area contributed by atoms with Crippen LogP contribution in [0.2, 0.25) is 5.02 Å². The molecule has 0 saturated carbocycles. The molecule has 0 spiro atoms. The second-order valence-electron chi connectivity index (χ2n) is 3.70. The third-order valence-corrected chi connectivity index (χ3v) is 3.22. The van der Waals surface area contributed by atoms with E-state index >= 15 is 0 Å². The highest BCUT2D eigenvalue weighted by molar-refractivity contribution is 6.32. The van der Waals surface area contributed by atoms with Gasteiger partial charge in [-0.3, -0.25) is 0 Å². The summed E-state index contributed by atoms with van der Waals surface area (Å²) in [5, 5.41) is 5.50. The average Bonchev–Trinajstić information content (AvgIpc) is 2.54. The molecule has 2 aromatic rings. The van der Waals surface area contributed by atoms with E-state index in [0.717, 1.165) is 17.1 Å². The van der Waals surface area contributed by atoms with Crippen molar-refractivity contribution in [2.75, 3.05) is 6.54 Å². The largest absolute Gasteiger partial charge is 0.361 e. The van der Waals surface area contributed by atoms with Gasteiger partial charge in [-0.15, -0.1) is 0 Å². The van der Waals surface area contributed by atoms with Crippen LogP contribution in [-0.4, -0.2) is 11.5 Å². The van der Waals surface area contributed by atoms with Crippen molar-refractivity contribution in [3.05, 3.63) is 35.0 Å². The Morgan fingerprint density at radius 2 is 2.14 bits per heavy atom. The lowest BCUT2D eigenvalue weighted by Crippen LogP contribution is -2.35. The Kier molecular flexibility index (Phi) is 1.79. The van der Waals surface area contributed by atoms with Crippen molar-refractivity contribution in [3.63, 3.8) is 0 Å². The van der Waals surface area contributed by atoms with E-state index in [1.165, 1.54) is 17.4 Å². The normalized spacial score (nSPS) is 21.1. The summed E-state index contributed by atoms with van der Waals surface area (Å²) in [7, 11) is 0. The van der Waals surface area contributed by atoms with E-state index in [1.54, 1.807) is 0 Å². The van der Waals surface area contributed by atoms with E-state index in [1.807, 2.05) is 18.3 Å². The first kappa shape index (κ1) is 8.33. The van der Waals surface area contributed by atoms with E-state index in [4.69, 9.17) is 11.6 Å². The maximum atomic E-state index is 6.21. The second-order valence-corrected chi connectivity index (χ2v) is 4.10. The highest BCUT2D eigenvalue weighted by atomic mass is 35.5. The van der Waals surface area contributed by atoms with Crippen LogP contribution in [0.15, 0.2) is 24.4 Å². The third kappa shape index (κ3) is 1.08. The minimum absolute atomic E-state index is 0.446. The molecule has 0 radical (unpaired) electrons. The van der Waals surface area contributed by atoms with Crippen LogP contribution in [0.5, 0.6) is 0 Å². The van der Waals surface area contributed by atoms with E-state index < -0.39 is 0 Å². The molecule has 2 nitrogen and oxygen atoms in total. The molecule has 2 heterocycles. The number of H-pyrrole nitrogens is 1. The molecule has 1 atom stereocenters. The number of aromatic nitrogens is 1. The number of hydrogen-bond acceptors (Lipinski definition) is 1. The van der Waals surface area contributed by atoms with Gasteiger partial charge in [-0.1, -0.05) is 11.6 Å². The zero-order chi connectivity index (χ0) is 9.54. The van der Waals surface area contributed by atoms with Crippen LogP contribution in [0.1, 0.15) is 18.0 Å². The number of aromatic amines is 1. The Balaban J connectivity index is 2.26. The van der Waals surface area contributed by atoms with Gasteiger partial charge in [0.25, 0.3) is 0 Å². The fraction of sp³-hybridized carbons (Fsp3) is 0.273. The number of benzene rings is 1. The number of nitrogens with one attached hydrogen (secondary N) is 2. The van der Waals surface area contributed by atoms with Crippen LogP contribution in [0, 0.1) is 0 Å². The van der Waals surface area contributed by atoms with Crippen LogP contribution in [0.25, 0.3) is 10.9 Å². The van der Waals surface area contributed by atoms with Gasteiger partial charge in [0.05, 0.1) is 0 Å². The number of rotatable bonds is 1. The molecule has 0 amide bonds. The first-order valence-electron chi connectivity index (χ1n) is 4.85. The Hall–Kier alpha value is -0.990. The standard InChI is InChI=1S/C11H11ClN2/c12-8-1-2-9-7(3-5-13-9)11(8)10-4-6-14-10/h1-3,5,10,13-14H,4,6H2. The molecule has 72 valence electrons. The quantitative estimate of drug-likeness (QED) is 0.738. The van der Waals surface area contributed by atoms with Crippen molar-refractivity contribution in [1.29, 1.82) is 0 Å². The van der Waals surface area contributed by atoms with Crippen molar-refractivity contribution >= 4 is 22.5 Å². The molecule has 0 aliphatic carbocycles. The molecule has 1 saturated heterocycles. The maximum Gasteiger partial charge on any atom is 0.0461 e. The first-order valence-corrected chi connectivity index (χ1v) is 5.23. The van der Waals surface area contributed by atoms with Gasteiger partial charge < -0.3 is 10.3 Å². The number of fused-ring (bicyclic) bond motifs is 1. The Labute approximate surface area is 87.3 Å². The minimum atomic E-state index is 0.446. The van der Waals surface area contributed by atoms with E-state index in [-0.39, 0.29) is 0 Å². The topological polar surface area (TPSA) is 27.8 Å². The third-order valence-electron chi connectivity index (χ3n) is 2.90. The predicted octanol–water partition coefficient (Wildman–Crippen LogP) is 2.86. The van der Waals surface area contributed by atoms with Crippen molar-refractivity contribution in [3.8, 4) is 0 Å². The fourth-order valence-corrected chi connectivity index (χ4v) is 2.32. The first-order chi connectivity index (χ1) is 6.86. The summed E-state index contributed by atoms with van der Waals surface area (Å²) in [6.45, 7) is 1.10. The van der Waals surface area contributed by atoms with Crippen LogP contribution < -0.4 is 5.32 Å². The van der Waals surface area contributed by atoms with Crippen molar-refractivity contribution in [2.24, 2.45) is 0 Å². The predicted molar refractivity (Wildman–Crippen MR) is 58.7 cm³/mol. The average molecular weight is 207 g/mol. The van der Waals surface area contributed by atoms with Crippen LogP contribution >= 0.6 is 11.6 Å². The summed E-state index contributed by atoms with van der Waals surface area (Å²) in [6, 6.07) is 6.54. The van der Waals surface area contributed by atoms with Gasteiger partial charge in [0.1, 0.15) is 0 Å². The second kappa shape index (κ2) is 3.01. The maximum absolute atomic E-state index is 6.21. The summed E-state index contributed by atoms with van der Waals surface area (Å²) < 4.78 is 0. The SMILES string of the molecule is Clc1ccc2[nH]ccc2c1C1CCN1. The van der Waals surface area contributed by atoms with Crippen molar-refractivity contribution in [2.45, 2.75) is 12.5 Å². The summed E-state index contributed by atoms with van der Waals surface area (Å²) >= 11 is 6.21. The molecule has 1 aromatic carbocycles. The summed E-state index contributed by atoms with van der Waals surface area (Å²) in [5.41, 5.74) is 2.41. The molecular weight excluding hydrogens is 196 g/mol. The van der Waals surface area contributed by atoms with Gasteiger partial charge >= 0.3 is 0 Å². The van der Waals surface area contributed by atoms with Crippen LogP contribution in [-0.2, 0) is 0 Å². The summed E-state index contributed by atoms with van der Waals surface area (Å²) in [5.74, 6) is 0. The molecule has 14 heavy (non-hydrogen) atoms. The Morgan fingerprint density at radius 1 is 1.29 bits per heavy atom. The Bertz CT molecular complexity index is 471. The zero-order valence-electron chi connectivity index (χ0n) is 7.68. The molecule has 1 aliphatic rings. The lowest BCUT2D eigenvalue weighted by atomic mass is 9.95. The molecule has 3 heteroatoms. The number of halogens is 1. The lowest BCUT2D eigenvalue weighted by molar-refractivity contribution is 0.386. The van der Waals surface area contributed by atoms with E-state index in [9.17, 15) is 0 Å².